The molecule has 0 amide bonds. The lowest BCUT2D eigenvalue weighted by Gasteiger charge is -2.35. The first-order valence-corrected chi connectivity index (χ1v) is 6.87. The Bertz CT molecular complexity index is 487. The van der Waals surface area contributed by atoms with Crippen molar-refractivity contribution in [1.29, 1.82) is 0 Å². The predicted octanol–water partition coefficient (Wildman–Crippen LogP) is 2.70. The summed E-state index contributed by atoms with van der Waals surface area (Å²) in [6.45, 7) is 0. The minimum Gasteiger partial charge on any atom is -0.366 e. The molecule has 1 aromatic carbocycles. The molecule has 1 fully saturated rings. The Kier molecular flexibility index (Phi) is 4.54. The van der Waals surface area contributed by atoms with Gasteiger partial charge in [-0.15, -0.1) is 0 Å². The molecule has 1 saturated carbocycles. The Morgan fingerprint density at radius 2 is 2.00 bits per heavy atom. The average Bonchev–Trinajstić information content (AvgIpc) is 2.46. The van der Waals surface area contributed by atoms with Gasteiger partial charge in [0.05, 0.1) is 4.92 Å². The molecular formula is C14H20FN3O2. The van der Waals surface area contributed by atoms with Crippen molar-refractivity contribution in [2.45, 2.75) is 37.8 Å². The van der Waals surface area contributed by atoms with Crippen LogP contribution in [0.1, 0.15) is 25.7 Å². The fourth-order valence-electron chi connectivity index (χ4n) is 2.88. The maximum absolute atomic E-state index is 13.4. The van der Waals surface area contributed by atoms with Crippen molar-refractivity contribution in [2.24, 2.45) is 0 Å². The number of nitrogens with one attached hydrogen (secondary N) is 1. The number of nitrogens with zero attached hydrogens (tertiary/aromatic N) is 2. The number of halogens is 1. The van der Waals surface area contributed by atoms with E-state index in [1.165, 1.54) is 12.1 Å². The highest BCUT2D eigenvalue weighted by molar-refractivity contribution is 5.63. The molecule has 1 aromatic rings. The van der Waals surface area contributed by atoms with Crippen molar-refractivity contribution < 1.29 is 9.31 Å². The molecule has 20 heavy (non-hydrogen) atoms. The second kappa shape index (κ2) is 6.17. The van der Waals surface area contributed by atoms with Crippen molar-refractivity contribution in [1.82, 2.24) is 5.32 Å². The highest BCUT2D eigenvalue weighted by Crippen LogP contribution is 2.33. The number of benzene rings is 1. The number of rotatable bonds is 4. The van der Waals surface area contributed by atoms with Gasteiger partial charge < -0.3 is 10.2 Å². The summed E-state index contributed by atoms with van der Waals surface area (Å²) in [5.41, 5.74) is 0.326. The van der Waals surface area contributed by atoms with E-state index in [2.05, 4.69) is 5.32 Å². The molecule has 0 saturated heterocycles. The summed E-state index contributed by atoms with van der Waals surface area (Å²) in [7, 11) is 3.76. The Morgan fingerprint density at radius 1 is 1.35 bits per heavy atom. The third-order valence-electron chi connectivity index (χ3n) is 4.17. The molecule has 0 bridgehead atoms. The molecule has 0 unspecified atom stereocenters. The normalized spacial score (nSPS) is 22.6. The van der Waals surface area contributed by atoms with E-state index in [1.54, 1.807) is 0 Å². The molecule has 0 spiro atoms. The van der Waals surface area contributed by atoms with Crippen LogP contribution in [0.4, 0.5) is 15.8 Å². The number of nitro benzene ring substituents is 1. The summed E-state index contributed by atoms with van der Waals surface area (Å²) in [6, 6.07) is 4.36. The predicted molar refractivity (Wildman–Crippen MR) is 76.6 cm³/mol. The molecule has 110 valence electrons. The fourth-order valence-corrected chi connectivity index (χ4v) is 2.88. The highest BCUT2D eigenvalue weighted by atomic mass is 19.1. The standard InChI is InChI=1S/C14H20FN3O2/c1-16-11-4-6-12(7-5-11)17(2)14-9-10(15)3-8-13(14)18(19)20/h3,8-9,11-12,16H,4-7H2,1-2H3. The third kappa shape index (κ3) is 3.07. The Hall–Kier alpha value is -1.69. The number of hydrogen-bond acceptors (Lipinski definition) is 4. The molecule has 1 aliphatic rings. The lowest BCUT2D eigenvalue weighted by atomic mass is 9.90. The highest BCUT2D eigenvalue weighted by Gasteiger charge is 2.27. The molecule has 0 aromatic heterocycles. The summed E-state index contributed by atoms with van der Waals surface area (Å²) in [6.07, 6.45) is 3.98. The van der Waals surface area contributed by atoms with Crippen LogP contribution in [0.3, 0.4) is 0 Å². The molecule has 0 atom stereocenters. The van der Waals surface area contributed by atoms with Gasteiger partial charge >= 0.3 is 0 Å². The first-order chi connectivity index (χ1) is 9.52. The van der Waals surface area contributed by atoms with E-state index in [9.17, 15) is 14.5 Å². The third-order valence-corrected chi connectivity index (χ3v) is 4.17. The molecule has 0 radical (unpaired) electrons. The minimum atomic E-state index is -0.454. The van der Waals surface area contributed by atoms with Crippen molar-refractivity contribution in [2.75, 3.05) is 19.0 Å². The quantitative estimate of drug-likeness (QED) is 0.681. The summed E-state index contributed by atoms with van der Waals surface area (Å²) < 4.78 is 13.4. The summed E-state index contributed by atoms with van der Waals surface area (Å²) in [5, 5.41) is 14.3. The van der Waals surface area contributed by atoms with Crippen molar-refractivity contribution in [3.8, 4) is 0 Å². The van der Waals surface area contributed by atoms with Crippen LogP contribution in [0, 0.1) is 15.9 Å². The fraction of sp³-hybridized carbons (Fsp3) is 0.571. The first-order valence-electron chi connectivity index (χ1n) is 6.87. The van der Waals surface area contributed by atoms with E-state index in [0.717, 1.165) is 31.7 Å². The van der Waals surface area contributed by atoms with Crippen LogP contribution in [-0.4, -0.2) is 31.1 Å². The number of nitro groups is 1. The zero-order chi connectivity index (χ0) is 14.7. The summed E-state index contributed by atoms with van der Waals surface area (Å²) in [4.78, 5) is 12.5. The van der Waals surface area contributed by atoms with Crippen LogP contribution >= 0.6 is 0 Å². The lowest BCUT2D eigenvalue weighted by molar-refractivity contribution is -0.384. The van der Waals surface area contributed by atoms with Gasteiger partial charge in [-0.2, -0.15) is 0 Å². The second-order valence-electron chi connectivity index (χ2n) is 5.30. The Labute approximate surface area is 117 Å². The smallest absolute Gasteiger partial charge is 0.292 e. The number of hydrogen-bond donors (Lipinski definition) is 1. The largest absolute Gasteiger partial charge is 0.366 e. The van der Waals surface area contributed by atoms with Crippen molar-refractivity contribution in [3.63, 3.8) is 0 Å². The van der Waals surface area contributed by atoms with Gasteiger partial charge in [-0.05, 0) is 38.8 Å². The van der Waals surface area contributed by atoms with Gasteiger partial charge in [0, 0.05) is 31.3 Å². The van der Waals surface area contributed by atoms with E-state index < -0.39 is 10.7 Å². The van der Waals surface area contributed by atoms with E-state index in [-0.39, 0.29) is 11.7 Å². The zero-order valence-corrected chi connectivity index (χ0v) is 11.8. The summed E-state index contributed by atoms with van der Waals surface area (Å²) >= 11 is 0. The second-order valence-corrected chi connectivity index (χ2v) is 5.30. The van der Waals surface area contributed by atoms with Gasteiger partial charge in [0.15, 0.2) is 0 Å². The van der Waals surface area contributed by atoms with Crippen molar-refractivity contribution >= 4 is 11.4 Å². The van der Waals surface area contributed by atoms with E-state index >= 15 is 0 Å². The molecule has 6 heteroatoms. The van der Waals surface area contributed by atoms with Gasteiger partial charge in [0.1, 0.15) is 11.5 Å². The first kappa shape index (κ1) is 14.7. The zero-order valence-electron chi connectivity index (χ0n) is 11.8. The van der Waals surface area contributed by atoms with Gasteiger partial charge in [-0.1, -0.05) is 0 Å². The molecule has 0 heterocycles. The van der Waals surface area contributed by atoms with Crippen LogP contribution in [0.15, 0.2) is 18.2 Å². The average molecular weight is 281 g/mol. The van der Waals surface area contributed by atoms with E-state index in [0.29, 0.717) is 11.7 Å². The van der Waals surface area contributed by atoms with Crippen LogP contribution in [-0.2, 0) is 0 Å². The summed E-state index contributed by atoms with van der Waals surface area (Å²) in [5.74, 6) is -0.443. The van der Waals surface area contributed by atoms with Crippen LogP contribution in [0.25, 0.3) is 0 Å². The Balaban J connectivity index is 2.18. The minimum absolute atomic E-state index is 0.0374. The van der Waals surface area contributed by atoms with Gasteiger partial charge in [-0.25, -0.2) is 4.39 Å². The maximum Gasteiger partial charge on any atom is 0.292 e. The topological polar surface area (TPSA) is 58.4 Å². The van der Waals surface area contributed by atoms with Gasteiger partial charge in [0.2, 0.25) is 0 Å². The number of anilines is 1. The molecule has 1 N–H and O–H groups in total. The monoisotopic (exact) mass is 281 g/mol. The van der Waals surface area contributed by atoms with Crippen LogP contribution in [0.5, 0.6) is 0 Å². The van der Waals surface area contributed by atoms with Crippen LogP contribution < -0.4 is 10.2 Å². The van der Waals surface area contributed by atoms with Gasteiger partial charge in [0.25, 0.3) is 5.69 Å². The molecule has 2 rings (SSSR count). The lowest BCUT2D eigenvalue weighted by Crippen LogP contribution is -2.40. The van der Waals surface area contributed by atoms with E-state index in [4.69, 9.17) is 0 Å². The maximum atomic E-state index is 13.4. The molecule has 1 aliphatic carbocycles. The van der Waals surface area contributed by atoms with Crippen LogP contribution in [0.2, 0.25) is 0 Å². The molecule has 5 nitrogen and oxygen atoms in total. The van der Waals surface area contributed by atoms with E-state index in [1.807, 2.05) is 19.0 Å². The Morgan fingerprint density at radius 3 is 2.55 bits per heavy atom. The van der Waals surface area contributed by atoms with Crippen molar-refractivity contribution in [3.05, 3.63) is 34.1 Å². The molecule has 0 aliphatic heterocycles. The van der Waals surface area contributed by atoms with Gasteiger partial charge in [-0.3, -0.25) is 10.1 Å². The SMILES string of the molecule is CNC1CCC(N(C)c2cc(F)ccc2[N+](=O)[O-])CC1. The molecular weight excluding hydrogens is 261 g/mol.